The van der Waals surface area contributed by atoms with E-state index >= 15 is 0 Å². The molecule has 0 aliphatic carbocycles. The van der Waals surface area contributed by atoms with Gasteiger partial charge in [-0.15, -0.1) is 0 Å². The number of carbonyl (C=O) groups is 3. The van der Waals surface area contributed by atoms with Gasteiger partial charge in [0.2, 0.25) is 6.10 Å². The lowest BCUT2D eigenvalue weighted by Crippen LogP contribution is -2.47. The van der Waals surface area contributed by atoms with Crippen LogP contribution in [0.25, 0.3) is 0 Å². The fourth-order valence-corrected chi connectivity index (χ4v) is 7.56. The molecule has 53 heavy (non-hydrogen) atoms. The third-order valence-electron chi connectivity index (χ3n) is 11.0. The Balaban J connectivity index is 2.25. The van der Waals surface area contributed by atoms with Crippen LogP contribution in [-0.2, 0) is 28.6 Å². The molecule has 0 radical (unpaired) electrons. The summed E-state index contributed by atoms with van der Waals surface area (Å²) in [5, 5.41) is 9.56. The highest BCUT2D eigenvalue weighted by Crippen LogP contribution is 2.29. The Morgan fingerprint density at radius 3 is 1.60 bits per heavy atom. The van der Waals surface area contributed by atoms with Crippen LogP contribution in [0.4, 0.5) is 0 Å². The van der Waals surface area contributed by atoms with Crippen molar-refractivity contribution in [3.8, 4) is 0 Å². The lowest BCUT2D eigenvalue weighted by Gasteiger charge is -2.32. The summed E-state index contributed by atoms with van der Waals surface area (Å²) in [7, 11) is 0. The smallest absolute Gasteiger partial charge is 0.348 e. The van der Waals surface area contributed by atoms with Crippen LogP contribution < -0.4 is 0 Å². The predicted octanol–water partition coefficient (Wildman–Crippen LogP) is 11.4. The minimum atomic E-state index is -0.782. The summed E-state index contributed by atoms with van der Waals surface area (Å²) >= 11 is 0. The Morgan fingerprint density at radius 2 is 1.06 bits per heavy atom. The highest BCUT2D eigenvalue weighted by Gasteiger charge is 2.41. The summed E-state index contributed by atoms with van der Waals surface area (Å²) in [4.78, 5) is 40.5. The molecule has 1 rings (SSSR count). The number of hydrogen-bond acceptors (Lipinski definition) is 8. The van der Waals surface area contributed by atoms with Crippen LogP contribution in [0, 0.1) is 5.92 Å². The number of hydrogen-bond donors (Lipinski definition) is 1. The lowest BCUT2D eigenvalue weighted by atomic mass is 9.89. The molecular weight excluding hydrogens is 666 g/mol. The molecule has 0 aromatic heterocycles. The van der Waals surface area contributed by atoms with Crippen LogP contribution in [-0.4, -0.2) is 73.0 Å². The molecule has 0 aromatic rings. The summed E-state index contributed by atoms with van der Waals surface area (Å²) in [5.41, 5.74) is 0. The molecule has 0 bridgehead atoms. The largest absolute Gasteiger partial charge is 0.466 e. The fourth-order valence-electron chi connectivity index (χ4n) is 7.56. The average molecular weight is 752 g/mol. The van der Waals surface area contributed by atoms with E-state index in [0.717, 1.165) is 96.6 Å². The van der Waals surface area contributed by atoms with Gasteiger partial charge in [0.1, 0.15) is 0 Å². The van der Waals surface area contributed by atoms with E-state index in [0.29, 0.717) is 26.0 Å². The van der Waals surface area contributed by atoms with Crippen molar-refractivity contribution in [3.63, 3.8) is 0 Å². The van der Waals surface area contributed by atoms with Crippen molar-refractivity contribution in [1.82, 2.24) is 4.90 Å². The number of carbonyl (C=O) groups excluding carboxylic acids is 3. The molecule has 1 saturated heterocycles. The van der Waals surface area contributed by atoms with E-state index in [2.05, 4.69) is 25.7 Å². The zero-order valence-corrected chi connectivity index (χ0v) is 35.0. The van der Waals surface area contributed by atoms with Crippen LogP contribution in [0.5, 0.6) is 0 Å². The van der Waals surface area contributed by atoms with Gasteiger partial charge in [-0.2, -0.15) is 0 Å². The van der Waals surface area contributed by atoms with Gasteiger partial charge in [-0.3, -0.25) is 4.79 Å². The third kappa shape index (κ3) is 27.5. The summed E-state index contributed by atoms with van der Waals surface area (Å²) in [6, 6.07) is 0. The third-order valence-corrected chi connectivity index (χ3v) is 11.0. The van der Waals surface area contributed by atoms with Crippen LogP contribution >= 0.6 is 0 Å². The maximum absolute atomic E-state index is 13.1. The lowest BCUT2D eigenvalue weighted by molar-refractivity contribution is -0.200. The second-order valence-electron chi connectivity index (χ2n) is 15.9. The van der Waals surface area contributed by atoms with Gasteiger partial charge in [0.25, 0.3) is 0 Å². The topological polar surface area (TPSA) is 102 Å². The van der Waals surface area contributed by atoms with Crippen LogP contribution in [0.1, 0.15) is 220 Å². The molecule has 312 valence electrons. The maximum Gasteiger partial charge on any atom is 0.348 e. The van der Waals surface area contributed by atoms with Gasteiger partial charge < -0.3 is 24.2 Å². The van der Waals surface area contributed by atoms with Crippen molar-refractivity contribution in [3.05, 3.63) is 0 Å². The minimum absolute atomic E-state index is 0.0532. The first-order valence-electron chi connectivity index (χ1n) is 22.9. The first kappa shape index (κ1) is 49.3. The van der Waals surface area contributed by atoms with E-state index in [9.17, 15) is 19.5 Å². The van der Waals surface area contributed by atoms with E-state index in [1.54, 1.807) is 0 Å². The van der Waals surface area contributed by atoms with Gasteiger partial charge in [-0.1, -0.05) is 162 Å². The van der Waals surface area contributed by atoms with Gasteiger partial charge in [-0.25, -0.2) is 9.59 Å². The van der Waals surface area contributed by atoms with Crippen molar-refractivity contribution in [2.45, 2.75) is 232 Å². The molecule has 2 unspecified atom stereocenters. The number of ether oxygens (including phenoxy) is 3. The molecule has 8 heteroatoms. The molecule has 1 fully saturated rings. The van der Waals surface area contributed by atoms with Crippen molar-refractivity contribution in [2.75, 3.05) is 32.8 Å². The molecule has 8 nitrogen and oxygen atoms in total. The number of aliphatic hydroxyl groups excluding tert-OH is 1. The van der Waals surface area contributed by atoms with Crippen molar-refractivity contribution < 1.29 is 33.7 Å². The van der Waals surface area contributed by atoms with Gasteiger partial charge in [0.15, 0.2) is 6.10 Å². The molecule has 0 amide bonds. The summed E-state index contributed by atoms with van der Waals surface area (Å²) in [6.07, 6.45) is 32.3. The molecule has 0 saturated carbocycles. The SMILES string of the molecule is CCCCCCCCCCOC(=O)CCCCCN(CCO)CCCCCCC1OC(=O)C(C(CCCCCCCC)CCCCCCCC)OC1=O. The molecule has 1 aliphatic heterocycles. The first-order valence-corrected chi connectivity index (χ1v) is 22.9. The van der Waals surface area contributed by atoms with E-state index < -0.39 is 12.2 Å². The maximum atomic E-state index is 13.1. The van der Waals surface area contributed by atoms with Crippen molar-refractivity contribution in [2.24, 2.45) is 5.92 Å². The Kier molecular flexibility index (Phi) is 33.5. The number of cyclic esters (lactones) is 2. The Hall–Kier alpha value is -1.67. The van der Waals surface area contributed by atoms with Crippen LogP contribution in [0.3, 0.4) is 0 Å². The molecule has 2 atom stereocenters. The highest BCUT2D eigenvalue weighted by atomic mass is 16.6. The molecular formula is C45H85NO7. The zero-order valence-electron chi connectivity index (χ0n) is 35.0. The molecule has 1 heterocycles. The number of unbranched alkanes of at least 4 members (excludes halogenated alkanes) is 22. The monoisotopic (exact) mass is 752 g/mol. The standard InChI is InChI=1S/C45H85NO7/c1-4-7-10-13-16-17-22-30-39-51-42(48)34-27-23-29-36-46(37-38-47)35-28-21-20-26-33-41-44(49)53-43(45(50)52-41)40(31-24-18-14-11-8-5-2)32-25-19-15-12-9-6-3/h40-41,43,47H,4-39H2,1-3H3. The first-order chi connectivity index (χ1) is 26.0. The Morgan fingerprint density at radius 1 is 0.585 bits per heavy atom. The normalized spacial score (nSPS) is 16.0. The van der Waals surface area contributed by atoms with Gasteiger partial charge >= 0.3 is 17.9 Å². The fraction of sp³-hybridized carbons (Fsp3) is 0.933. The molecule has 1 aliphatic rings. The van der Waals surface area contributed by atoms with E-state index in [1.807, 2.05) is 0 Å². The van der Waals surface area contributed by atoms with Gasteiger partial charge in [-0.05, 0) is 64.5 Å². The van der Waals surface area contributed by atoms with Crippen molar-refractivity contribution >= 4 is 17.9 Å². The number of nitrogens with zero attached hydrogens (tertiary/aromatic N) is 1. The predicted molar refractivity (Wildman–Crippen MR) is 218 cm³/mol. The second-order valence-corrected chi connectivity index (χ2v) is 15.9. The van der Waals surface area contributed by atoms with Crippen molar-refractivity contribution in [1.29, 1.82) is 0 Å². The average Bonchev–Trinajstić information content (AvgIpc) is 3.15. The summed E-state index contributed by atoms with van der Waals surface area (Å²) in [6.45, 7) is 9.88. The van der Waals surface area contributed by atoms with Crippen LogP contribution in [0.15, 0.2) is 0 Å². The summed E-state index contributed by atoms with van der Waals surface area (Å²) < 4.78 is 17.0. The zero-order chi connectivity index (χ0) is 38.6. The molecule has 1 N–H and O–H groups in total. The molecule has 0 aromatic carbocycles. The quantitative estimate of drug-likeness (QED) is 0.0376. The number of aliphatic hydroxyl groups is 1. The summed E-state index contributed by atoms with van der Waals surface area (Å²) in [5.74, 6) is -0.729. The second kappa shape index (κ2) is 36.0. The van der Waals surface area contributed by atoms with E-state index in [-0.39, 0.29) is 30.4 Å². The Bertz CT molecular complexity index is 852. The highest BCUT2D eigenvalue weighted by molar-refractivity contribution is 5.87. The molecule has 0 spiro atoms. The minimum Gasteiger partial charge on any atom is -0.466 e. The van der Waals surface area contributed by atoms with Crippen LogP contribution in [0.2, 0.25) is 0 Å². The number of rotatable bonds is 39. The van der Waals surface area contributed by atoms with E-state index in [1.165, 1.54) is 103 Å². The van der Waals surface area contributed by atoms with Gasteiger partial charge in [0.05, 0.1) is 13.2 Å². The van der Waals surface area contributed by atoms with Gasteiger partial charge in [0, 0.05) is 18.9 Å². The Labute approximate surface area is 326 Å². The van der Waals surface area contributed by atoms with E-state index in [4.69, 9.17) is 14.2 Å². The number of esters is 3.